The van der Waals surface area contributed by atoms with Gasteiger partial charge in [-0.15, -0.1) is 0 Å². The molecule has 2 heteroatoms. The molecule has 0 heterocycles. The molecule has 0 fully saturated rings. The molecule has 0 bridgehead atoms. The van der Waals surface area contributed by atoms with Gasteiger partial charge in [0.15, 0.2) is 0 Å². The van der Waals surface area contributed by atoms with Gasteiger partial charge in [0.25, 0.3) is 0 Å². The molecular weight excluding hydrogens is 232 g/mol. The fraction of sp³-hybridized carbons (Fsp3) is 0.235. The monoisotopic (exact) mass is 250 g/mol. The van der Waals surface area contributed by atoms with Crippen LogP contribution in [0.15, 0.2) is 42.5 Å². The molecule has 0 atom stereocenters. The van der Waals surface area contributed by atoms with Gasteiger partial charge in [0, 0.05) is 13.6 Å². The van der Waals surface area contributed by atoms with Crippen LogP contribution in [0.4, 0.5) is 5.69 Å². The second-order valence-electron chi connectivity index (χ2n) is 4.97. The smallest absolute Gasteiger partial charge is 0.101 e. The van der Waals surface area contributed by atoms with Crippen molar-refractivity contribution in [1.82, 2.24) is 0 Å². The summed E-state index contributed by atoms with van der Waals surface area (Å²) in [6.45, 7) is 4.94. The summed E-state index contributed by atoms with van der Waals surface area (Å²) in [5, 5.41) is 9.18. The molecule has 0 aromatic heterocycles. The summed E-state index contributed by atoms with van der Waals surface area (Å²) in [4.78, 5) is 2.12. The van der Waals surface area contributed by atoms with E-state index in [0.717, 1.165) is 17.8 Å². The predicted octanol–water partition coefficient (Wildman–Crippen LogP) is 3.81. The summed E-state index contributed by atoms with van der Waals surface area (Å²) in [7, 11) is 2.02. The lowest BCUT2D eigenvalue weighted by molar-refractivity contribution is 0.919. The van der Waals surface area contributed by atoms with Crippen molar-refractivity contribution in [3.05, 3.63) is 64.7 Å². The van der Waals surface area contributed by atoms with Crippen LogP contribution in [-0.4, -0.2) is 7.05 Å². The first-order chi connectivity index (χ1) is 9.10. The summed E-state index contributed by atoms with van der Waals surface area (Å²) < 4.78 is 0. The number of rotatable bonds is 3. The van der Waals surface area contributed by atoms with E-state index in [1.165, 1.54) is 16.7 Å². The van der Waals surface area contributed by atoms with Gasteiger partial charge in [-0.3, -0.25) is 0 Å². The number of nitrogens with zero attached hydrogens (tertiary/aromatic N) is 2. The Morgan fingerprint density at radius 3 is 2.26 bits per heavy atom. The molecule has 0 aliphatic rings. The third-order valence-corrected chi connectivity index (χ3v) is 3.23. The molecule has 19 heavy (non-hydrogen) atoms. The van der Waals surface area contributed by atoms with Crippen LogP contribution in [-0.2, 0) is 6.54 Å². The zero-order valence-electron chi connectivity index (χ0n) is 11.6. The first kappa shape index (κ1) is 13.2. The van der Waals surface area contributed by atoms with Crippen LogP contribution in [0, 0.1) is 25.2 Å². The van der Waals surface area contributed by atoms with E-state index in [4.69, 9.17) is 0 Å². The molecule has 0 aliphatic heterocycles. The summed E-state index contributed by atoms with van der Waals surface area (Å²) >= 11 is 0. The summed E-state index contributed by atoms with van der Waals surface area (Å²) in [6, 6.07) is 16.7. The van der Waals surface area contributed by atoms with Crippen LogP contribution in [0.5, 0.6) is 0 Å². The molecule has 0 saturated carbocycles. The van der Waals surface area contributed by atoms with Crippen molar-refractivity contribution in [2.45, 2.75) is 20.4 Å². The summed E-state index contributed by atoms with van der Waals surface area (Å²) in [5.74, 6) is 0. The Labute approximate surface area is 114 Å². The highest BCUT2D eigenvalue weighted by molar-refractivity contribution is 5.60. The van der Waals surface area contributed by atoms with Crippen molar-refractivity contribution in [1.29, 1.82) is 5.26 Å². The third-order valence-electron chi connectivity index (χ3n) is 3.23. The van der Waals surface area contributed by atoms with Gasteiger partial charge in [-0.1, -0.05) is 35.9 Å². The van der Waals surface area contributed by atoms with Crippen LogP contribution < -0.4 is 4.90 Å². The van der Waals surface area contributed by atoms with Gasteiger partial charge in [-0.25, -0.2) is 0 Å². The zero-order chi connectivity index (χ0) is 13.8. The molecule has 0 amide bonds. The Balaban J connectivity index is 2.25. The van der Waals surface area contributed by atoms with E-state index in [-0.39, 0.29) is 0 Å². The van der Waals surface area contributed by atoms with Gasteiger partial charge >= 0.3 is 0 Å². The van der Waals surface area contributed by atoms with Crippen LogP contribution in [0.25, 0.3) is 0 Å². The fourth-order valence-electron chi connectivity index (χ4n) is 2.10. The molecule has 0 spiro atoms. The normalized spacial score (nSPS) is 10.0. The highest BCUT2D eigenvalue weighted by atomic mass is 15.1. The molecule has 2 aromatic carbocycles. The minimum Gasteiger partial charge on any atom is -0.369 e. The molecule has 0 N–H and O–H groups in total. The van der Waals surface area contributed by atoms with Gasteiger partial charge in [0.05, 0.1) is 11.3 Å². The lowest BCUT2D eigenvalue weighted by Gasteiger charge is -2.21. The molecule has 0 aliphatic carbocycles. The molecule has 0 radical (unpaired) electrons. The maximum absolute atomic E-state index is 9.18. The van der Waals surface area contributed by atoms with E-state index in [1.807, 2.05) is 26.1 Å². The van der Waals surface area contributed by atoms with Crippen LogP contribution in [0.1, 0.15) is 22.3 Å². The molecule has 0 saturated heterocycles. The lowest BCUT2D eigenvalue weighted by Crippen LogP contribution is -2.17. The second-order valence-corrected chi connectivity index (χ2v) is 4.97. The number of anilines is 1. The maximum Gasteiger partial charge on any atom is 0.101 e. The van der Waals surface area contributed by atoms with E-state index in [2.05, 4.69) is 48.2 Å². The Hall–Kier alpha value is -2.27. The molecular formula is C17H18N2. The first-order valence-electron chi connectivity index (χ1n) is 6.37. The average molecular weight is 250 g/mol. The zero-order valence-corrected chi connectivity index (χ0v) is 11.6. The van der Waals surface area contributed by atoms with E-state index in [0.29, 0.717) is 0 Å². The average Bonchev–Trinajstić information content (AvgIpc) is 2.41. The van der Waals surface area contributed by atoms with Gasteiger partial charge in [-0.2, -0.15) is 5.26 Å². The quantitative estimate of drug-likeness (QED) is 0.828. The Morgan fingerprint density at radius 1 is 1.00 bits per heavy atom. The van der Waals surface area contributed by atoms with Gasteiger partial charge in [0.2, 0.25) is 0 Å². The second kappa shape index (κ2) is 5.58. The van der Waals surface area contributed by atoms with Crippen molar-refractivity contribution in [3.8, 4) is 6.07 Å². The molecule has 2 rings (SSSR count). The van der Waals surface area contributed by atoms with E-state index in [1.54, 1.807) is 0 Å². The van der Waals surface area contributed by atoms with Crippen molar-refractivity contribution in [3.63, 3.8) is 0 Å². The summed E-state index contributed by atoms with van der Waals surface area (Å²) in [6.07, 6.45) is 0. The van der Waals surface area contributed by atoms with Crippen molar-refractivity contribution < 1.29 is 0 Å². The minimum absolute atomic E-state index is 0.722. The molecule has 2 aromatic rings. The largest absolute Gasteiger partial charge is 0.369 e. The number of benzene rings is 2. The van der Waals surface area contributed by atoms with Gasteiger partial charge in [-0.05, 0) is 37.1 Å². The van der Waals surface area contributed by atoms with Gasteiger partial charge < -0.3 is 4.90 Å². The van der Waals surface area contributed by atoms with E-state index >= 15 is 0 Å². The van der Waals surface area contributed by atoms with Crippen molar-refractivity contribution in [2.24, 2.45) is 0 Å². The topological polar surface area (TPSA) is 27.0 Å². The maximum atomic E-state index is 9.18. The molecule has 0 unspecified atom stereocenters. The molecule has 96 valence electrons. The number of hydrogen-bond acceptors (Lipinski definition) is 2. The van der Waals surface area contributed by atoms with Crippen LogP contribution in [0.3, 0.4) is 0 Å². The highest BCUT2D eigenvalue weighted by Crippen LogP contribution is 2.22. The Kier molecular flexibility index (Phi) is 3.87. The highest BCUT2D eigenvalue weighted by Gasteiger charge is 2.08. The van der Waals surface area contributed by atoms with Crippen LogP contribution in [0.2, 0.25) is 0 Å². The third kappa shape index (κ3) is 3.14. The molecule has 2 nitrogen and oxygen atoms in total. The van der Waals surface area contributed by atoms with Crippen molar-refractivity contribution >= 4 is 5.69 Å². The minimum atomic E-state index is 0.722. The van der Waals surface area contributed by atoms with Gasteiger partial charge in [0.1, 0.15) is 6.07 Å². The SMILES string of the molecule is Cc1ccc(CN(C)c2cc(C)ccc2C#N)cc1. The predicted molar refractivity (Wildman–Crippen MR) is 79.2 cm³/mol. The lowest BCUT2D eigenvalue weighted by atomic mass is 10.1. The number of aryl methyl sites for hydroxylation is 2. The Bertz CT molecular complexity index is 606. The van der Waals surface area contributed by atoms with Crippen LogP contribution >= 0.6 is 0 Å². The number of nitriles is 1. The standard InChI is InChI=1S/C17H18N2/c1-13-4-7-15(8-5-13)12-19(3)17-10-14(2)6-9-16(17)11-18/h4-10H,12H2,1-3H3. The number of hydrogen-bond donors (Lipinski definition) is 0. The van der Waals surface area contributed by atoms with E-state index in [9.17, 15) is 5.26 Å². The van der Waals surface area contributed by atoms with Crippen molar-refractivity contribution in [2.75, 3.05) is 11.9 Å². The summed E-state index contributed by atoms with van der Waals surface area (Å²) in [5.41, 5.74) is 5.39. The fourth-order valence-corrected chi connectivity index (χ4v) is 2.10. The first-order valence-corrected chi connectivity index (χ1v) is 6.37. The van der Waals surface area contributed by atoms with E-state index < -0.39 is 0 Å². The Morgan fingerprint density at radius 2 is 1.63 bits per heavy atom.